The van der Waals surface area contributed by atoms with E-state index in [2.05, 4.69) is 10.6 Å². The molecule has 0 aromatic heterocycles. The van der Waals surface area contributed by atoms with E-state index < -0.39 is 5.41 Å². The highest BCUT2D eigenvalue weighted by Gasteiger charge is 2.27. The molecule has 0 radical (unpaired) electrons. The quantitative estimate of drug-likeness (QED) is 0.729. The molecule has 5 nitrogen and oxygen atoms in total. The maximum absolute atomic E-state index is 11.9. The molecule has 0 unspecified atom stereocenters. The van der Waals surface area contributed by atoms with Gasteiger partial charge < -0.3 is 16.4 Å². The third-order valence-corrected chi connectivity index (χ3v) is 2.98. The fourth-order valence-corrected chi connectivity index (χ4v) is 1.61. The molecule has 0 aliphatic carbocycles. The van der Waals surface area contributed by atoms with Gasteiger partial charge in [0, 0.05) is 25.7 Å². The summed E-state index contributed by atoms with van der Waals surface area (Å²) in [5.74, 6) is -0.299. The number of nitrogens with one attached hydrogen (secondary N) is 2. The number of carbonyl (C=O) groups excluding carboxylic acids is 2. The molecule has 0 aliphatic rings. The van der Waals surface area contributed by atoms with Crippen molar-refractivity contribution in [2.24, 2.45) is 11.1 Å². The van der Waals surface area contributed by atoms with E-state index in [1.54, 1.807) is 33.0 Å². The summed E-state index contributed by atoms with van der Waals surface area (Å²) in [7, 11) is 1.58. The van der Waals surface area contributed by atoms with E-state index in [0.717, 1.165) is 5.56 Å². The third-order valence-electron chi connectivity index (χ3n) is 2.98. The fraction of sp³-hybridized carbons (Fsp3) is 0.429. The summed E-state index contributed by atoms with van der Waals surface area (Å²) in [6.45, 7) is 4.29. The van der Waals surface area contributed by atoms with Gasteiger partial charge in [-0.1, -0.05) is 12.1 Å². The van der Waals surface area contributed by atoms with Crippen LogP contribution in [0, 0.1) is 5.41 Å². The summed E-state index contributed by atoms with van der Waals surface area (Å²) in [6, 6.07) is 7.09. The lowest BCUT2D eigenvalue weighted by Crippen LogP contribution is -2.43. The second-order valence-electron chi connectivity index (χ2n) is 5.05. The first-order valence-electron chi connectivity index (χ1n) is 6.20. The van der Waals surface area contributed by atoms with Crippen molar-refractivity contribution >= 4 is 11.8 Å². The maximum Gasteiger partial charge on any atom is 0.251 e. The second-order valence-corrected chi connectivity index (χ2v) is 5.05. The summed E-state index contributed by atoms with van der Waals surface area (Å²) >= 11 is 0. The van der Waals surface area contributed by atoms with Gasteiger partial charge in [0.2, 0.25) is 5.91 Å². The predicted octanol–water partition coefficient (Wildman–Crippen LogP) is 0.647. The molecule has 2 amide bonds. The molecule has 1 aromatic carbocycles. The highest BCUT2D eigenvalue weighted by Crippen LogP contribution is 2.13. The molecular weight excluding hydrogens is 242 g/mol. The molecule has 0 bridgehead atoms. The number of nitrogens with two attached hydrogens (primary N) is 1. The lowest BCUT2D eigenvalue weighted by molar-refractivity contribution is -0.128. The van der Waals surface area contributed by atoms with Crippen molar-refractivity contribution in [1.29, 1.82) is 0 Å². The Morgan fingerprint density at radius 3 is 2.26 bits per heavy atom. The smallest absolute Gasteiger partial charge is 0.251 e. The Kier molecular flexibility index (Phi) is 5.06. The lowest BCUT2D eigenvalue weighted by Gasteiger charge is -2.22. The van der Waals surface area contributed by atoms with Crippen LogP contribution in [0.5, 0.6) is 0 Å². The SMILES string of the molecule is CNC(=O)C(C)(C)CNC(=O)c1ccc(CN)cc1. The largest absolute Gasteiger partial charge is 0.359 e. The molecule has 4 N–H and O–H groups in total. The Balaban J connectivity index is 2.62. The zero-order valence-corrected chi connectivity index (χ0v) is 11.6. The van der Waals surface area contributed by atoms with Crippen molar-refractivity contribution in [2.75, 3.05) is 13.6 Å². The first kappa shape index (κ1) is 15.2. The van der Waals surface area contributed by atoms with E-state index in [4.69, 9.17) is 5.73 Å². The van der Waals surface area contributed by atoms with Crippen LogP contribution >= 0.6 is 0 Å². The van der Waals surface area contributed by atoms with Crippen LogP contribution in [0.1, 0.15) is 29.8 Å². The van der Waals surface area contributed by atoms with Crippen LogP contribution in [0.4, 0.5) is 0 Å². The molecule has 104 valence electrons. The Morgan fingerprint density at radius 1 is 1.21 bits per heavy atom. The first-order valence-corrected chi connectivity index (χ1v) is 6.20. The maximum atomic E-state index is 11.9. The number of amides is 2. The second kappa shape index (κ2) is 6.33. The average Bonchev–Trinajstić information content (AvgIpc) is 2.43. The van der Waals surface area contributed by atoms with Gasteiger partial charge in [-0.2, -0.15) is 0 Å². The van der Waals surface area contributed by atoms with Gasteiger partial charge >= 0.3 is 0 Å². The van der Waals surface area contributed by atoms with Crippen molar-refractivity contribution in [3.05, 3.63) is 35.4 Å². The first-order chi connectivity index (χ1) is 8.90. The van der Waals surface area contributed by atoms with Gasteiger partial charge in [-0.3, -0.25) is 9.59 Å². The monoisotopic (exact) mass is 263 g/mol. The average molecular weight is 263 g/mol. The molecule has 5 heteroatoms. The zero-order chi connectivity index (χ0) is 14.5. The van der Waals surface area contributed by atoms with E-state index >= 15 is 0 Å². The Morgan fingerprint density at radius 2 is 1.79 bits per heavy atom. The van der Waals surface area contributed by atoms with Crippen LogP contribution in [-0.2, 0) is 11.3 Å². The van der Waals surface area contributed by atoms with Crippen molar-refractivity contribution < 1.29 is 9.59 Å². The lowest BCUT2D eigenvalue weighted by atomic mass is 9.92. The molecule has 0 heterocycles. The standard InChI is InChI=1S/C14H21N3O2/c1-14(2,13(19)16-3)9-17-12(18)11-6-4-10(8-15)5-7-11/h4-7H,8-9,15H2,1-3H3,(H,16,19)(H,17,18). The van der Waals surface area contributed by atoms with E-state index in [0.29, 0.717) is 12.1 Å². The molecule has 0 saturated heterocycles. The van der Waals surface area contributed by atoms with Gasteiger partial charge in [-0.25, -0.2) is 0 Å². The van der Waals surface area contributed by atoms with Crippen molar-refractivity contribution in [3.63, 3.8) is 0 Å². The minimum Gasteiger partial charge on any atom is -0.359 e. The third kappa shape index (κ3) is 4.06. The molecule has 0 fully saturated rings. The van der Waals surface area contributed by atoms with Crippen molar-refractivity contribution in [2.45, 2.75) is 20.4 Å². The number of rotatable bonds is 5. The summed E-state index contributed by atoms with van der Waals surface area (Å²) in [5.41, 5.74) is 6.39. The molecule has 0 saturated carbocycles. The van der Waals surface area contributed by atoms with Crippen LogP contribution in [0.2, 0.25) is 0 Å². The van der Waals surface area contributed by atoms with Crippen LogP contribution in [0.3, 0.4) is 0 Å². The van der Waals surface area contributed by atoms with Crippen molar-refractivity contribution in [3.8, 4) is 0 Å². The number of hydrogen-bond acceptors (Lipinski definition) is 3. The van der Waals surface area contributed by atoms with Gasteiger partial charge in [0.1, 0.15) is 0 Å². The van der Waals surface area contributed by atoms with Gasteiger partial charge in [0.25, 0.3) is 5.91 Å². The summed E-state index contributed by atoms with van der Waals surface area (Å²) in [6.07, 6.45) is 0. The normalized spacial score (nSPS) is 10.9. The van der Waals surface area contributed by atoms with Crippen LogP contribution in [0.15, 0.2) is 24.3 Å². The summed E-state index contributed by atoms with van der Waals surface area (Å²) in [5, 5.41) is 5.34. The van der Waals surface area contributed by atoms with Crippen molar-refractivity contribution in [1.82, 2.24) is 10.6 Å². The number of benzene rings is 1. The molecule has 1 rings (SSSR count). The van der Waals surface area contributed by atoms with E-state index in [1.165, 1.54) is 0 Å². The van der Waals surface area contributed by atoms with E-state index in [-0.39, 0.29) is 18.4 Å². The van der Waals surface area contributed by atoms with Gasteiger partial charge in [-0.15, -0.1) is 0 Å². The molecule has 1 aromatic rings. The highest BCUT2D eigenvalue weighted by atomic mass is 16.2. The predicted molar refractivity (Wildman–Crippen MR) is 74.5 cm³/mol. The Labute approximate surface area is 113 Å². The number of hydrogen-bond donors (Lipinski definition) is 3. The summed E-state index contributed by atoms with van der Waals surface area (Å²) in [4.78, 5) is 23.5. The van der Waals surface area contributed by atoms with Crippen LogP contribution in [0.25, 0.3) is 0 Å². The Bertz CT molecular complexity index is 452. The summed E-state index contributed by atoms with van der Waals surface area (Å²) < 4.78 is 0. The van der Waals surface area contributed by atoms with Gasteiger partial charge in [-0.05, 0) is 31.5 Å². The molecule has 0 aliphatic heterocycles. The molecular formula is C14H21N3O2. The highest BCUT2D eigenvalue weighted by molar-refractivity contribution is 5.94. The van der Waals surface area contributed by atoms with Crippen LogP contribution < -0.4 is 16.4 Å². The zero-order valence-electron chi connectivity index (χ0n) is 11.6. The molecule has 19 heavy (non-hydrogen) atoms. The van der Waals surface area contributed by atoms with E-state index in [9.17, 15) is 9.59 Å². The molecule has 0 spiro atoms. The van der Waals surface area contributed by atoms with Crippen LogP contribution in [-0.4, -0.2) is 25.4 Å². The minimum absolute atomic E-state index is 0.105. The fourth-order valence-electron chi connectivity index (χ4n) is 1.61. The van der Waals surface area contributed by atoms with Gasteiger partial charge in [0.15, 0.2) is 0 Å². The minimum atomic E-state index is -0.637. The Hall–Kier alpha value is -1.88. The number of carbonyl (C=O) groups is 2. The van der Waals surface area contributed by atoms with E-state index in [1.807, 2.05) is 12.1 Å². The molecule has 0 atom stereocenters. The van der Waals surface area contributed by atoms with Gasteiger partial charge in [0.05, 0.1) is 5.41 Å². The topological polar surface area (TPSA) is 84.2 Å².